The fourth-order valence-electron chi connectivity index (χ4n) is 2.52. The van der Waals surface area contributed by atoms with Crippen LogP contribution >= 0.6 is 0 Å². The third-order valence-electron chi connectivity index (χ3n) is 3.77. The average molecular weight is 246 g/mol. The molecule has 2 aliphatic carbocycles. The molecule has 0 saturated heterocycles. The molecule has 0 bridgehead atoms. The smallest absolute Gasteiger partial charge is 0.0132 e. The molecule has 0 aromatic rings. The lowest BCUT2D eigenvalue weighted by Crippen LogP contribution is -2.09. The Kier molecular flexibility index (Phi) is 4.75. The average Bonchev–Trinajstić information content (AvgIpc) is 2.52. The summed E-state index contributed by atoms with van der Waals surface area (Å²) >= 11 is 0. The summed E-state index contributed by atoms with van der Waals surface area (Å²) in [5.74, 6) is 0. The monoisotopic (exact) mass is 246 g/mol. The van der Waals surface area contributed by atoms with Crippen molar-refractivity contribution in [2.75, 3.05) is 0 Å². The van der Waals surface area contributed by atoms with E-state index in [-0.39, 0.29) is 5.48 Å². The van der Waals surface area contributed by atoms with Gasteiger partial charge in [0.15, 0.2) is 0 Å². The fourth-order valence-corrected chi connectivity index (χ4v) is 2.52. The second-order valence-electron chi connectivity index (χ2n) is 6.34. The van der Waals surface area contributed by atoms with E-state index in [0.717, 1.165) is 6.42 Å². The Morgan fingerprint density at radius 2 is 1.78 bits per heavy atom. The highest BCUT2D eigenvalue weighted by molar-refractivity contribution is 5.48. The van der Waals surface area contributed by atoms with Gasteiger partial charge in [-0.2, -0.15) is 0 Å². The van der Waals surface area contributed by atoms with Crippen LogP contribution in [-0.2, 0) is 0 Å². The minimum Gasteiger partial charge on any atom is -0.412 e. The van der Waals surface area contributed by atoms with Gasteiger partial charge in [0.2, 0.25) is 0 Å². The molecule has 0 spiro atoms. The summed E-state index contributed by atoms with van der Waals surface area (Å²) in [6.07, 6.45) is 14.4. The van der Waals surface area contributed by atoms with Crippen molar-refractivity contribution in [3.05, 3.63) is 46.6 Å². The first kappa shape index (κ1) is 15.0. The maximum absolute atomic E-state index is 2.44. The van der Waals surface area contributed by atoms with Crippen LogP contribution in [-0.4, -0.2) is 5.48 Å². The Bertz CT molecular complexity index is 425. The van der Waals surface area contributed by atoms with Crippen LogP contribution in [0.1, 0.15) is 53.4 Å². The van der Waals surface area contributed by atoms with E-state index in [0.29, 0.717) is 5.41 Å². The molecule has 0 saturated carbocycles. The molecule has 0 aliphatic heterocycles. The Morgan fingerprint density at radius 1 is 1.06 bits per heavy atom. The van der Waals surface area contributed by atoms with E-state index in [2.05, 4.69) is 52.0 Å². The normalized spacial score (nSPS) is 20.2. The molecule has 2 rings (SSSR count). The molecule has 2 aliphatic rings. The van der Waals surface area contributed by atoms with E-state index in [4.69, 9.17) is 0 Å². The third-order valence-corrected chi connectivity index (χ3v) is 3.77. The summed E-state index contributed by atoms with van der Waals surface area (Å²) in [6.45, 7) is 9.19. The molecule has 0 atom stereocenters. The Balaban J connectivity index is 0.00000162. The first-order chi connectivity index (χ1) is 7.97. The van der Waals surface area contributed by atoms with Gasteiger partial charge in [-0.15, -0.1) is 0 Å². The summed E-state index contributed by atoms with van der Waals surface area (Å²) in [6, 6.07) is 0. The molecular formula is C17H26O. The van der Waals surface area contributed by atoms with Crippen LogP contribution in [0.3, 0.4) is 0 Å². The van der Waals surface area contributed by atoms with Crippen LogP contribution in [0.5, 0.6) is 0 Å². The number of hydrogen-bond donors (Lipinski definition) is 0. The maximum atomic E-state index is 2.44. The molecule has 100 valence electrons. The minimum absolute atomic E-state index is 0. The van der Waals surface area contributed by atoms with E-state index in [1.807, 2.05) is 0 Å². The van der Waals surface area contributed by atoms with Crippen molar-refractivity contribution in [1.29, 1.82) is 0 Å². The standard InChI is InChI=1S/C17H24.H2O/c1-13-8-10-14-6-5-7-16(17(2,3)4)12-15(14)11-9-13;/h9-12H,5-8H2,1-4H3;1H2. The molecule has 2 N–H and O–H groups in total. The van der Waals surface area contributed by atoms with Crippen molar-refractivity contribution in [1.82, 2.24) is 0 Å². The van der Waals surface area contributed by atoms with Crippen molar-refractivity contribution < 1.29 is 5.48 Å². The van der Waals surface area contributed by atoms with Crippen LogP contribution in [0, 0.1) is 5.41 Å². The van der Waals surface area contributed by atoms with Gasteiger partial charge in [0, 0.05) is 0 Å². The quantitative estimate of drug-likeness (QED) is 0.602. The lowest BCUT2D eigenvalue weighted by atomic mass is 9.83. The predicted molar refractivity (Wildman–Crippen MR) is 79.5 cm³/mol. The van der Waals surface area contributed by atoms with E-state index >= 15 is 0 Å². The molecule has 0 aromatic heterocycles. The van der Waals surface area contributed by atoms with Gasteiger partial charge in [-0.05, 0) is 49.2 Å². The Labute approximate surface area is 111 Å². The number of hydrogen-bond acceptors (Lipinski definition) is 0. The van der Waals surface area contributed by atoms with E-state index < -0.39 is 0 Å². The SMILES string of the molecule is CC1=CC=C2C=C(C(C)(C)C)CCCC2=CC1.O. The summed E-state index contributed by atoms with van der Waals surface area (Å²) in [5.41, 5.74) is 6.37. The van der Waals surface area contributed by atoms with Crippen LogP contribution in [0.2, 0.25) is 0 Å². The van der Waals surface area contributed by atoms with E-state index in [1.165, 1.54) is 30.4 Å². The van der Waals surface area contributed by atoms with E-state index in [9.17, 15) is 0 Å². The largest absolute Gasteiger partial charge is 0.412 e. The summed E-state index contributed by atoms with van der Waals surface area (Å²) in [7, 11) is 0. The van der Waals surface area contributed by atoms with Crippen LogP contribution < -0.4 is 0 Å². The highest BCUT2D eigenvalue weighted by Crippen LogP contribution is 2.36. The van der Waals surface area contributed by atoms with Crippen molar-refractivity contribution >= 4 is 0 Å². The zero-order valence-corrected chi connectivity index (χ0v) is 12.1. The van der Waals surface area contributed by atoms with Gasteiger partial charge in [-0.1, -0.05) is 56.2 Å². The summed E-state index contributed by atoms with van der Waals surface area (Å²) < 4.78 is 0. The molecule has 1 heteroatoms. The number of rotatable bonds is 0. The second-order valence-corrected chi connectivity index (χ2v) is 6.34. The van der Waals surface area contributed by atoms with Crippen LogP contribution in [0.4, 0.5) is 0 Å². The lowest BCUT2D eigenvalue weighted by molar-refractivity contribution is 0.479. The van der Waals surface area contributed by atoms with Crippen molar-refractivity contribution in [2.45, 2.75) is 53.4 Å². The minimum atomic E-state index is 0. The molecule has 18 heavy (non-hydrogen) atoms. The Hall–Kier alpha value is -1.08. The van der Waals surface area contributed by atoms with Crippen molar-refractivity contribution in [3.63, 3.8) is 0 Å². The van der Waals surface area contributed by atoms with Crippen LogP contribution in [0.15, 0.2) is 46.6 Å². The molecular weight excluding hydrogens is 220 g/mol. The topological polar surface area (TPSA) is 31.5 Å². The van der Waals surface area contributed by atoms with Crippen LogP contribution in [0.25, 0.3) is 0 Å². The van der Waals surface area contributed by atoms with Crippen molar-refractivity contribution in [3.8, 4) is 0 Å². The highest BCUT2D eigenvalue weighted by Gasteiger charge is 2.20. The molecule has 0 amide bonds. The van der Waals surface area contributed by atoms with Gasteiger partial charge in [-0.3, -0.25) is 0 Å². The van der Waals surface area contributed by atoms with Gasteiger partial charge < -0.3 is 5.48 Å². The molecule has 0 heterocycles. The number of allylic oxidation sites excluding steroid dienone is 8. The van der Waals surface area contributed by atoms with Gasteiger partial charge in [-0.25, -0.2) is 0 Å². The molecule has 1 nitrogen and oxygen atoms in total. The lowest BCUT2D eigenvalue weighted by Gasteiger charge is -2.22. The van der Waals surface area contributed by atoms with Gasteiger partial charge in [0.1, 0.15) is 0 Å². The first-order valence-corrected chi connectivity index (χ1v) is 6.75. The molecule has 0 radical (unpaired) electrons. The summed E-state index contributed by atoms with van der Waals surface area (Å²) in [5, 5.41) is 0. The highest BCUT2D eigenvalue weighted by atomic mass is 16.0. The summed E-state index contributed by atoms with van der Waals surface area (Å²) in [4.78, 5) is 0. The van der Waals surface area contributed by atoms with Crippen molar-refractivity contribution in [2.24, 2.45) is 5.41 Å². The zero-order chi connectivity index (χ0) is 12.5. The van der Waals surface area contributed by atoms with E-state index in [1.54, 1.807) is 11.1 Å². The molecule has 0 aromatic carbocycles. The zero-order valence-electron chi connectivity index (χ0n) is 12.1. The van der Waals surface area contributed by atoms with Gasteiger partial charge in [0.05, 0.1) is 0 Å². The number of fused-ring (bicyclic) bond motifs is 1. The molecule has 0 fully saturated rings. The van der Waals surface area contributed by atoms with Gasteiger partial charge in [0.25, 0.3) is 0 Å². The fraction of sp³-hybridized carbons (Fsp3) is 0.529. The predicted octanol–water partition coefficient (Wildman–Crippen LogP) is 4.52. The first-order valence-electron chi connectivity index (χ1n) is 6.75. The Morgan fingerprint density at radius 3 is 2.44 bits per heavy atom. The molecule has 0 unspecified atom stereocenters. The van der Waals surface area contributed by atoms with Gasteiger partial charge >= 0.3 is 0 Å². The second kappa shape index (κ2) is 5.71. The third kappa shape index (κ3) is 3.46. The maximum Gasteiger partial charge on any atom is -0.0132 e.